The summed E-state index contributed by atoms with van der Waals surface area (Å²) in [6, 6.07) is 0. The summed E-state index contributed by atoms with van der Waals surface area (Å²) < 4.78 is 0. The van der Waals surface area contributed by atoms with Gasteiger partial charge in [0, 0.05) is 0 Å². The van der Waals surface area contributed by atoms with Crippen molar-refractivity contribution < 1.29 is 0 Å². The molecule has 1 unspecified atom stereocenters. The first-order valence-corrected chi connectivity index (χ1v) is 4.65. The maximum atomic E-state index is 3.39. The molecule has 0 bridgehead atoms. The summed E-state index contributed by atoms with van der Waals surface area (Å²) >= 11 is 0. The average Bonchev–Trinajstić information content (AvgIpc) is 2.52. The zero-order valence-corrected chi connectivity index (χ0v) is 7.69. The van der Waals surface area contributed by atoms with Crippen molar-refractivity contribution in [3.8, 4) is 0 Å². The molecule has 0 spiro atoms. The molecule has 0 aromatic carbocycles. The maximum absolute atomic E-state index is 3.39. The second-order valence-corrected chi connectivity index (χ2v) is 3.53. The molecule has 1 N–H and O–H groups in total. The van der Waals surface area contributed by atoms with Gasteiger partial charge in [0.05, 0.1) is 0 Å². The Morgan fingerprint density at radius 2 is 2.45 bits per heavy atom. The van der Waals surface area contributed by atoms with E-state index in [1.165, 1.54) is 37.9 Å². The van der Waals surface area contributed by atoms with E-state index in [1.807, 2.05) is 0 Å². The van der Waals surface area contributed by atoms with Gasteiger partial charge in [0.15, 0.2) is 0 Å². The van der Waals surface area contributed by atoms with E-state index < -0.39 is 0 Å². The van der Waals surface area contributed by atoms with E-state index in [0.29, 0.717) is 0 Å². The third kappa shape index (κ3) is 3.06. The molecule has 1 nitrogen and oxygen atoms in total. The molecule has 11 heavy (non-hydrogen) atoms. The fourth-order valence-electron chi connectivity index (χ4n) is 1.54. The van der Waals surface area contributed by atoms with Crippen molar-refractivity contribution in [2.24, 2.45) is 5.92 Å². The van der Waals surface area contributed by atoms with Crippen LogP contribution < -0.4 is 5.32 Å². The highest BCUT2D eigenvalue weighted by molar-refractivity contribution is 4.95. The summed E-state index contributed by atoms with van der Waals surface area (Å²) in [6.45, 7) is 6.83. The molecule has 1 heteroatoms. The van der Waals surface area contributed by atoms with Crippen LogP contribution in [0, 0.1) is 5.92 Å². The Bertz CT molecular complexity index is 132. The molecule has 1 saturated heterocycles. The Morgan fingerprint density at radius 3 is 3.00 bits per heavy atom. The third-order valence-electron chi connectivity index (χ3n) is 2.60. The SMILES string of the molecule is C/C=C(\C)CCC1CCNC1. The Hall–Kier alpha value is -0.300. The third-order valence-corrected chi connectivity index (χ3v) is 2.60. The van der Waals surface area contributed by atoms with Crippen molar-refractivity contribution in [1.29, 1.82) is 0 Å². The highest BCUT2D eigenvalue weighted by atomic mass is 14.9. The molecule has 0 amide bonds. The molecular weight excluding hydrogens is 134 g/mol. The molecule has 1 fully saturated rings. The molecule has 0 radical (unpaired) electrons. The summed E-state index contributed by atoms with van der Waals surface area (Å²) in [5.41, 5.74) is 1.54. The smallest absolute Gasteiger partial charge is 0.00199 e. The van der Waals surface area contributed by atoms with E-state index >= 15 is 0 Å². The molecule has 64 valence electrons. The van der Waals surface area contributed by atoms with Gasteiger partial charge in [-0.25, -0.2) is 0 Å². The van der Waals surface area contributed by atoms with Crippen molar-refractivity contribution >= 4 is 0 Å². The van der Waals surface area contributed by atoms with E-state index in [1.54, 1.807) is 0 Å². The highest BCUT2D eigenvalue weighted by Crippen LogP contribution is 2.17. The van der Waals surface area contributed by atoms with Crippen LogP contribution in [-0.4, -0.2) is 13.1 Å². The van der Waals surface area contributed by atoms with Crippen LogP contribution in [0.1, 0.15) is 33.1 Å². The zero-order valence-electron chi connectivity index (χ0n) is 7.69. The second kappa shape index (κ2) is 4.55. The van der Waals surface area contributed by atoms with Crippen molar-refractivity contribution in [3.05, 3.63) is 11.6 Å². The molecule has 0 aromatic rings. The number of nitrogens with one attached hydrogen (secondary N) is 1. The van der Waals surface area contributed by atoms with Crippen LogP contribution in [0.4, 0.5) is 0 Å². The van der Waals surface area contributed by atoms with Crippen LogP contribution in [-0.2, 0) is 0 Å². The topological polar surface area (TPSA) is 12.0 Å². The number of rotatable bonds is 3. The average molecular weight is 153 g/mol. The van der Waals surface area contributed by atoms with Gasteiger partial charge in [-0.2, -0.15) is 0 Å². The minimum absolute atomic E-state index is 0.949. The van der Waals surface area contributed by atoms with Crippen molar-refractivity contribution in [2.75, 3.05) is 13.1 Å². The molecule has 1 rings (SSSR count). The lowest BCUT2D eigenvalue weighted by molar-refractivity contribution is 0.531. The lowest BCUT2D eigenvalue weighted by atomic mass is 9.99. The molecular formula is C10H19N. The van der Waals surface area contributed by atoms with Crippen molar-refractivity contribution in [1.82, 2.24) is 5.32 Å². The van der Waals surface area contributed by atoms with Crippen LogP contribution in [0.5, 0.6) is 0 Å². The van der Waals surface area contributed by atoms with Crippen molar-refractivity contribution in [2.45, 2.75) is 33.1 Å². The first-order valence-electron chi connectivity index (χ1n) is 4.65. The van der Waals surface area contributed by atoms with Gasteiger partial charge in [-0.15, -0.1) is 0 Å². The monoisotopic (exact) mass is 153 g/mol. The Labute approximate surface area is 69.9 Å². The predicted molar refractivity (Wildman–Crippen MR) is 49.6 cm³/mol. The van der Waals surface area contributed by atoms with Gasteiger partial charge < -0.3 is 5.32 Å². The molecule has 1 aliphatic rings. The van der Waals surface area contributed by atoms with E-state index in [4.69, 9.17) is 0 Å². The minimum Gasteiger partial charge on any atom is -0.316 e. The van der Waals surface area contributed by atoms with Crippen LogP contribution in [0.25, 0.3) is 0 Å². The summed E-state index contributed by atoms with van der Waals surface area (Å²) in [5.74, 6) is 0.949. The maximum Gasteiger partial charge on any atom is -0.00199 e. The van der Waals surface area contributed by atoms with E-state index in [-0.39, 0.29) is 0 Å². The lowest BCUT2D eigenvalue weighted by Crippen LogP contribution is -2.08. The molecule has 0 aliphatic carbocycles. The van der Waals surface area contributed by atoms with Crippen molar-refractivity contribution in [3.63, 3.8) is 0 Å². The van der Waals surface area contributed by atoms with E-state index in [2.05, 4.69) is 25.2 Å². The molecule has 0 saturated carbocycles. The fraction of sp³-hybridized carbons (Fsp3) is 0.800. The second-order valence-electron chi connectivity index (χ2n) is 3.53. The molecule has 1 atom stereocenters. The standard InChI is InChI=1S/C10H19N/c1-3-9(2)4-5-10-6-7-11-8-10/h3,10-11H,4-8H2,1-2H3/b9-3+. The Morgan fingerprint density at radius 1 is 1.64 bits per heavy atom. The van der Waals surface area contributed by atoms with Crippen LogP contribution in [0.15, 0.2) is 11.6 Å². The lowest BCUT2D eigenvalue weighted by Gasteiger charge is -2.06. The molecule has 1 heterocycles. The summed E-state index contributed by atoms with van der Waals surface area (Å²) in [7, 11) is 0. The predicted octanol–water partition coefficient (Wildman–Crippen LogP) is 2.34. The first-order chi connectivity index (χ1) is 5.33. The van der Waals surface area contributed by atoms with Crippen LogP contribution >= 0.6 is 0 Å². The Kier molecular flexibility index (Phi) is 3.64. The first kappa shape index (κ1) is 8.79. The van der Waals surface area contributed by atoms with Crippen LogP contribution in [0.3, 0.4) is 0 Å². The summed E-state index contributed by atoms with van der Waals surface area (Å²) in [4.78, 5) is 0. The van der Waals surface area contributed by atoms with E-state index in [0.717, 1.165) is 5.92 Å². The largest absolute Gasteiger partial charge is 0.316 e. The van der Waals surface area contributed by atoms with E-state index in [9.17, 15) is 0 Å². The number of allylic oxidation sites excluding steroid dienone is 2. The molecule has 0 aromatic heterocycles. The van der Waals surface area contributed by atoms with Gasteiger partial charge in [0.1, 0.15) is 0 Å². The summed E-state index contributed by atoms with van der Waals surface area (Å²) in [5, 5.41) is 3.39. The summed E-state index contributed by atoms with van der Waals surface area (Å²) in [6.07, 6.45) is 6.28. The number of hydrogen-bond acceptors (Lipinski definition) is 1. The van der Waals surface area contributed by atoms with Gasteiger partial charge in [-0.3, -0.25) is 0 Å². The highest BCUT2D eigenvalue weighted by Gasteiger charge is 2.13. The van der Waals surface area contributed by atoms with Gasteiger partial charge >= 0.3 is 0 Å². The fourth-order valence-corrected chi connectivity index (χ4v) is 1.54. The quantitative estimate of drug-likeness (QED) is 0.614. The zero-order chi connectivity index (χ0) is 8.10. The van der Waals surface area contributed by atoms with Gasteiger partial charge in [0.2, 0.25) is 0 Å². The molecule has 1 aliphatic heterocycles. The normalized spacial score (nSPS) is 26.0. The van der Waals surface area contributed by atoms with Crippen LogP contribution in [0.2, 0.25) is 0 Å². The van der Waals surface area contributed by atoms with Gasteiger partial charge in [0.25, 0.3) is 0 Å². The van der Waals surface area contributed by atoms with Gasteiger partial charge in [-0.1, -0.05) is 11.6 Å². The Balaban J connectivity index is 2.11. The minimum atomic E-state index is 0.949. The van der Waals surface area contributed by atoms with Gasteiger partial charge in [-0.05, 0) is 52.1 Å². The number of hydrogen-bond donors (Lipinski definition) is 1.